The first-order valence-corrected chi connectivity index (χ1v) is 12.1. The second kappa shape index (κ2) is 9.61. The zero-order valence-electron chi connectivity index (χ0n) is 21.6. The lowest BCUT2D eigenvalue weighted by molar-refractivity contribution is -0.132. The lowest BCUT2D eigenvalue weighted by atomic mass is 9.84. The van der Waals surface area contributed by atoms with Gasteiger partial charge in [0.05, 0.1) is 17.9 Å². The van der Waals surface area contributed by atoms with Gasteiger partial charge in [0.15, 0.2) is 0 Å². The first-order valence-electron chi connectivity index (χ1n) is 12.1. The summed E-state index contributed by atoms with van der Waals surface area (Å²) in [6.45, 7) is 12.5. The molecule has 2 aromatic carbocycles. The van der Waals surface area contributed by atoms with E-state index in [1.807, 2.05) is 45.0 Å². The summed E-state index contributed by atoms with van der Waals surface area (Å²) in [6, 6.07) is 15.4. The van der Waals surface area contributed by atoms with Gasteiger partial charge in [0.25, 0.3) is 11.7 Å². The molecular formula is C30H32N2O4. The Labute approximate surface area is 212 Å². The average molecular weight is 485 g/mol. The Morgan fingerprint density at radius 2 is 1.78 bits per heavy atom. The molecule has 0 bridgehead atoms. The van der Waals surface area contributed by atoms with Crippen molar-refractivity contribution >= 4 is 23.1 Å². The molecule has 6 nitrogen and oxygen atoms in total. The molecule has 1 N–H and O–H groups in total. The van der Waals surface area contributed by atoms with Gasteiger partial charge in [0.1, 0.15) is 17.6 Å². The first kappa shape index (κ1) is 25.2. The van der Waals surface area contributed by atoms with Crippen molar-refractivity contribution in [1.82, 2.24) is 4.98 Å². The minimum atomic E-state index is -0.863. The second-order valence-electron chi connectivity index (χ2n) is 10.1. The van der Waals surface area contributed by atoms with Gasteiger partial charge >= 0.3 is 0 Å². The number of ether oxygens (including phenoxy) is 1. The highest BCUT2D eigenvalue weighted by Gasteiger charge is 2.47. The average Bonchev–Trinajstić information content (AvgIpc) is 3.11. The number of ketones is 1. The van der Waals surface area contributed by atoms with Gasteiger partial charge in [-0.1, -0.05) is 32.9 Å². The third-order valence-electron chi connectivity index (χ3n) is 6.54. The topological polar surface area (TPSA) is 79.7 Å². The molecule has 36 heavy (non-hydrogen) atoms. The van der Waals surface area contributed by atoms with E-state index in [-0.39, 0.29) is 16.7 Å². The van der Waals surface area contributed by atoms with E-state index in [2.05, 4.69) is 25.8 Å². The first-order chi connectivity index (χ1) is 17.0. The second-order valence-corrected chi connectivity index (χ2v) is 10.1. The molecule has 1 aliphatic heterocycles. The standard InChI is InChI=1S/C30H32N2O4/c1-7-36-24-14-12-20(17-22(24)30(4,5)6)27(33)25-26(23-10-8-9-15-31-23)32(29(35)28(25)34)21-13-11-18(2)19(3)16-21/h8-17,26,33H,7H2,1-6H3/b27-25-. The Bertz CT molecular complexity index is 1350. The summed E-state index contributed by atoms with van der Waals surface area (Å²) in [6.07, 6.45) is 1.62. The molecule has 0 saturated carbocycles. The number of carbonyl (C=O) groups excluding carboxylic acids is 2. The predicted octanol–water partition coefficient (Wildman–Crippen LogP) is 6.02. The maximum atomic E-state index is 13.4. The maximum absolute atomic E-state index is 13.4. The summed E-state index contributed by atoms with van der Waals surface area (Å²) in [5, 5.41) is 11.5. The number of carbonyl (C=O) groups is 2. The number of hydrogen-bond acceptors (Lipinski definition) is 5. The van der Waals surface area contributed by atoms with Gasteiger partial charge in [0.2, 0.25) is 0 Å². The summed E-state index contributed by atoms with van der Waals surface area (Å²) >= 11 is 0. The molecule has 3 aromatic rings. The predicted molar refractivity (Wildman–Crippen MR) is 141 cm³/mol. The Morgan fingerprint density at radius 3 is 2.39 bits per heavy atom. The van der Waals surface area contributed by atoms with Gasteiger partial charge in [-0.15, -0.1) is 0 Å². The molecule has 1 atom stereocenters. The van der Waals surface area contributed by atoms with E-state index in [1.54, 1.807) is 36.5 Å². The van der Waals surface area contributed by atoms with Crippen LogP contribution in [0.25, 0.3) is 5.76 Å². The zero-order valence-corrected chi connectivity index (χ0v) is 21.6. The monoisotopic (exact) mass is 484 g/mol. The summed E-state index contributed by atoms with van der Waals surface area (Å²) in [4.78, 5) is 32.7. The van der Waals surface area contributed by atoms with Crippen LogP contribution in [0.2, 0.25) is 0 Å². The van der Waals surface area contributed by atoms with Crippen LogP contribution in [0.1, 0.15) is 61.7 Å². The fraction of sp³-hybridized carbons (Fsp3) is 0.300. The van der Waals surface area contributed by atoms with E-state index >= 15 is 0 Å². The number of aliphatic hydroxyl groups excluding tert-OH is 1. The summed E-state index contributed by atoms with van der Waals surface area (Å²) in [5.41, 5.74) is 4.24. The number of anilines is 1. The van der Waals surface area contributed by atoms with Crippen LogP contribution in [0.15, 0.2) is 66.4 Å². The third-order valence-corrected chi connectivity index (χ3v) is 6.54. The molecule has 1 amide bonds. The number of hydrogen-bond donors (Lipinski definition) is 1. The minimum absolute atomic E-state index is 0.0148. The van der Waals surface area contributed by atoms with E-state index in [0.29, 0.717) is 23.6 Å². The van der Waals surface area contributed by atoms with Crippen molar-refractivity contribution < 1.29 is 19.4 Å². The van der Waals surface area contributed by atoms with Crippen LogP contribution < -0.4 is 9.64 Å². The van der Waals surface area contributed by atoms with Crippen molar-refractivity contribution in [3.05, 3.63) is 94.3 Å². The highest BCUT2D eigenvalue weighted by atomic mass is 16.5. The van der Waals surface area contributed by atoms with Crippen molar-refractivity contribution in [1.29, 1.82) is 0 Å². The van der Waals surface area contributed by atoms with Gasteiger partial charge < -0.3 is 9.84 Å². The van der Waals surface area contributed by atoms with Crippen LogP contribution in [0.4, 0.5) is 5.69 Å². The molecule has 1 aliphatic rings. The quantitative estimate of drug-likeness (QED) is 0.272. The summed E-state index contributed by atoms with van der Waals surface area (Å²) in [5.74, 6) is -0.952. The van der Waals surface area contributed by atoms with Gasteiger partial charge in [-0.3, -0.25) is 19.5 Å². The molecule has 1 saturated heterocycles. The van der Waals surface area contributed by atoms with Crippen molar-refractivity contribution in [3.8, 4) is 5.75 Å². The molecule has 6 heteroatoms. The third kappa shape index (κ3) is 4.51. The van der Waals surface area contributed by atoms with Crippen molar-refractivity contribution in [2.75, 3.05) is 11.5 Å². The van der Waals surface area contributed by atoms with Crippen LogP contribution in [0.3, 0.4) is 0 Å². The summed E-state index contributed by atoms with van der Waals surface area (Å²) in [7, 11) is 0. The molecule has 0 aliphatic carbocycles. The zero-order chi connectivity index (χ0) is 26.2. The molecule has 1 fully saturated rings. The smallest absolute Gasteiger partial charge is 0.300 e. The Hall–Kier alpha value is -3.93. The fourth-order valence-electron chi connectivity index (χ4n) is 4.49. The van der Waals surface area contributed by atoms with E-state index in [9.17, 15) is 14.7 Å². The lowest BCUT2D eigenvalue weighted by Crippen LogP contribution is -2.29. The van der Waals surface area contributed by atoms with Crippen LogP contribution in [0.5, 0.6) is 5.75 Å². The normalized spacial score (nSPS) is 17.5. The van der Waals surface area contributed by atoms with Crippen LogP contribution in [0, 0.1) is 13.8 Å². The largest absolute Gasteiger partial charge is 0.507 e. The van der Waals surface area contributed by atoms with Gasteiger partial charge in [0, 0.05) is 23.0 Å². The van der Waals surface area contributed by atoms with E-state index in [0.717, 1.165) is 22.4 Å². The number of amides is 1. The number of aryl methyl sites for hydroxylation is 2. The molecule has 4 rings (SSSR count). The Kier molecular flexibility index (Phi) is 6.72. The number of Topliss-reactive ketones (excluding diaryl/α,β-unsaturated/α-hetero) is 1. The summed E-state index contributed by atoms with van der Waals surface area (Å²) < 4.78 is 5.81. The number of aromatic nitrogens is 1. The Balaban J connectivity index is 1.94. The SMILES string of the molecule is CCOc1ccc(/C(O)=C2/C(=O)C(=O)N(c3ccc(C)c(C)c3)C2c2ccccn2)cc1C(C)(C)C. The van der Waals surface area contributed by atoms with E-state index in [1.165, 1.54) is 4.90 Å². The highest BCUT2D eigenvalue weighted by molar-refractivity contribution is 6.51. The lowest BCUT2D eigenvalue weighted by Gasteiger charge is -2.26. The van der Waals surface area contributed by atoms with Gasteiger partial charge in [-0.2, -0.15) is 0 Å². The fourth-order valence-corrected chi connectivity index (χ4v) is 4.49. The maximum Gasteiger partial charge on any atom is 0.300 e. The van der Waals surface area contributed by atoms with Crippen molar-refractivity contribution in [2.24, 2.45) is 0 Å². The molecule has 2 heterocycles. The highest BCUT2D eigenvalue weighted by Crippen LogP contribution is 2.43. The molecule has 1 aromatic heterocycles. The van der Waals surface area contributed by atoms with Gasteiger partial charge in [-0.05, 0) is 79.8 Å². The minimum Gasteiger partial charge on any atom is -0.507 e. The molecule has 0 radical (unpaired) electrons. The number of aliphatic hydroxyl groups is 1. The molecular weight excluding hydrogens is 452 g/mol. The number of pyridine rings is 1. The molecule has 0 spiro atoms. The van der Waals surface area contributed by atoms with Gasteiger partial charge in [-0.25, -0.2) is 0 Å². The molecule has 1 unspecified atom stereocenters. The van der Waals surface area contributed by atoms with Crippen molar-refractivity contribution in [2.45, 2.75) is 53.0 Å². The Morgan fingerprint density at radius 1 is 1.03 bits per heavy atom. The van der Waals surface area contributed by atoms with Crippen LogP contribution >= 0.6 is 0 Å². The number of benzene rings is 2. The van der Waals surface area contributed by atoms with E-state index < -0.39 is 17.7 Å². The van der Waals surface area contributed by atoms with Crippen LogP contribution in [-0.4, -0.2) is 28.4 Å². The van der Waals surface area contributed by atoms with Crippen molar-refractivity contribution in [3.63, 3.8) is 0 Å². The van der Waals surface area contributed by atoms with Crippen LogP contribution in [-0.2, 0) is 15.0 Å². The number of rotatable bonds is 5. The molecule has 186 valence electrons. The number of nitrogens with zero attached hydrogens (tertiary/aromatic N) is 2. The van der Waals surface area contributed by atoms with E-state index in [4.69, 9.17) is 4.74 Å².